The molecular formula is C30H51N5O4. The van der Waals surface area contributed by atoms with Crippen LogP contribution in [-0.2, 0) is 14.3 Å². The number of aromatic amines is 1. The van der Waals surface area contributed by atoms with Crippen LogP contribution < -0.4 is 17.2 Å². The average molecular weight is 546 g/mol. The van der Waals surface area contributed by atoms with E-state index in [1.54, 1.807) is 37.3 Å². The Labute approximate surface area is 235 Å². The van der Waals surface area contributed by atoms with Crippen molar-refractivity contribution in [2.75, 3.05) is 58.8 Å². The highest BCUT2D eigenvalue weighted by Gasteiger charge is 2.08. The number of para-hydroxylation sites is 1. The number of phenols is 1. The summed E-state index contributed by atoms with van der Waals surface area (Å²) in [6, 6.07) is 6.94. The minimum atomic E-state index is 0.114. The number of aromatic nitrogens is 1. The quantitative estimate of drug-likeness (QED) is 0.348. The van der Waals surface area contributed by atoms with Crippen LogP contribution in [0, 0.1) is 6.92 Å². The van der Waals surface area contributed by atoms with Gasteiger partial charge in [-0.05, 0) is 70.0 Å². The molecule has 220 valence electrons. The lowest BCUT2D eigenvalue weighted by atomic mass is 10.1. The zero-order chi connectivity index (χ0) is 29.5. The predicted molar refractivity (Wildman–Crippen MR) is 163 cm³/mol. The van der Waals surface area contributed by atoms with Crippen molar-refractivity contribution in [1.82, 2.24) is 9.88 Å². The van der Waals surface area contributed by atoms with E-state index >= 15 is 0 Å². The number of benzene rings is 1. The number of ether oxygens (including phenoxy) is 2. The van der Waals surface area contributed by atoms with E-state index in [9.17, 15) is 9.90 Å². The second-order valence-corrected chi connectivity index (χ2v) is 8.51. The van der Waals surface area contributed by atoms with Crippen LogP contribution in [0.15, 0.2) is 42.6 Å². The third kappa shape index (κ3) is 15.8. The first kappa shape index (κ1) is 35.9. The minimum Gasteiger partial charge on any atom is -0.507 e. The SMILES string of the molecule is C1CCOCC1.CC.CC(=O)/C=C/CN1CCOCC1.CN.Cc1c[nH]c(N)c1/C=C(\N)c1ccccc1O. The summed E-state index contributed by atoms with van der Waals surface area (Å²) < 4.78 is 10.3. The number of nitrogens with one attached hydrogen (secondary N) is 1. The summed E-state index contributed by atoms with van der Waals surface area (Å²) in [7, 11) is 1.50. The number of morpholine rings is 1. The number of phenolic OH excluding ortho intramolecular Hbond substituents is 1. The predicted octanol–water partition coefficient (Wildman–Crippen LogP) is 4.32. The van der Waals surface area contributed by atoms with E-state index in [1.165, 1.54) is 26.3 Å². The lowest BCUT2D eigenvalue weighted by molar-refractivity contribution is -0.112. The van der Waals surface area contributed by atoms with Gasteiger partial charge in [0.15, 0.2) is 5.78 Å². The molecule has 8 N–H and O–H groups in total. The standard InChI is InChI=1S/C13H15N3O.C9H15NO2.C5H10O.C2H6.CH5N/c1-8-7-16-13(15)10(8)6-11(14)9-4-2-3-5-12(9)17;1-9(11)3-2-4-10-5-7-12-8-6-10;1-2-4-6-5-3-1;2*1-2/h2-7,16-17H,14-15H2,1H3;2-3H,4-8H2,1H3;1-5H2;1-2H3;2H2,1H3/b11-6-;3-2+;;;. The summed E-state index contributed by atoms with van der Waals surface area (Å²) >= 11 is 0. The molecule has 0 bridgehead atoms. The number of H-pyrrole nitrogens is 1. The Hall–Kier alpha value is -3.11. The van der Waals surface area contributed by atoms with Gasteiger partial charge in [-0.3, -0.25) is 9.69 Å². The van der Waals surface area contributed by atoms with E-state index in [1.807, 2.05) is 39.1 Å². The summed E-state index contributed by atoms with van der Waals surface area (Å²) in [4.78, 5) is 15.7. The summed E-state index contributed by atoms with van der Waals surface area (Å²) in [5.41, 5.74) is 19.2. The Balaban J connectivity index is 0.000000569. The van der Waals surface area contributed by atoms with Crippen molar-refractivity contribution in [2.45, 2.75) is 47.0 Å². The van der Waals surface area contributed by atoms with Crippen LogP contribution in [0.4, 0.5) is 5.82 Å². The first-order chi connectivity index (χ1) is 18.9. The second kappa shape index (κ2) is 22.8. The average Bonchev–Trinajstić information content (AvgIpc) is 3.29. The molecular weight excluding hydrogens is 494 g/mol. The molecule has 1 aromatic heterocycles. The van der Waals surface area contributed by atoms with Gasteiger partial charge >= 0.3 is 0 Å². The van der Waals surface area contributed by atoms with Crippen molar-refractivity contribution in [3.05, 3.63) is 59.3 Å². The van der Waals surface area contributed by atoms with Gasteiger partial charge in [-0.25, -0.2) is 0 Å². The minimum absolute atomic E-state index is 0.114. The van der Waals surface area contributed by atoms with E-state index in [-0.39, 0.29) is 11.5 Å². The number of aryl methyl sites for hydroxylation is 1. The highest BCUT2D eigenvalue weighted by atomic mass is 16.5. The largest absolute Gasteiger partial charge is 0.507 e. The molecule has 0 radical (unpaired) electrons. The van der Waals surface area contributed by atoms with Gasteiger partial charge in [0.2, 0.25) is 0 Å². The van der Waals surface area contributed by atoms with Gasteiger partial charge in [0, 0.05) is 55.9 Å². The maximum atomic E-state index is 10.6. The fourth-order valence-electron chi connectivity index (χ4n) is 3.54. The molecule has 0 spiro atoms. The summed E-state index contributed by atoms with van der Waals surface area (Å²) in [5.74, 6) is 0.845. The number of rotatable bonds is 5. The maximum absolute atomic E-state index is 10.6. The van der Waals surface area contributed by atoms with Crippen molar-refractivity contribution in [3.63, 3.8) is 0 Å². The molecule has 0 atom stereocenters. The van der Waals surface area contributed by atoms with Gasteiger partial charge in [-0.1, -0.05) is 32.1 Å². The topological polar surface area (TPSA) is 153 Å². The molecule has 0 saturated carbocycles. The molecule has 1 aromatic carbocycles. The van der Waals surface area contributed by atoms with Crippen LogP contribution in [0.2, 0.25) is 0 Å². The molecule has 4 rings (SSSR count). The van der Waals surface area contributed by atoms with Gasteiger partial charge in [0.1, 0.15) is 11.6 Å². The third-order valence-corrected chi connectivity index (χ3v) is 5.57. The van der Waals surface area contributed by atoms with Crippen LogP contribution in [-0.4, -0.2) is 73.9 Å². The molecule has 39 heavy (non-hydrogen) atoms. The summed E-state index contributed by atoms with van der Waals surface area (Å²) in [5, 5.41) is 9.69. The van der Waals surface area contributed by atoms with Crippen molar-refractivity contribution in [2.24, 2.45) is 11.5 Å². The van der Waals surface area contributed by atoms with Crippen LogP contribution in [0.5, 0.6) is 5.75 Å². The Morgan fingerprint density at radius 2 is 1.64 bits per heavy atom. The van der Waals surface area contributed by atoms with Gasteiger partial charge in [-0.2, -0.15) is 0 Å². The number of carbonyl (C=O) groups is 1. The summed E-state index contributed by atoms with van der Waals surface area (Å²) in [6.45, 7) is 13.9. The normalized spacial score (nSPS) is 15.3. The van der Waals surface area contributed by atoms with Crippen LogP contribution in [0.3, 0.4) is 0 Å². The van der Waals surface area contributed by atoms with Crippen LogP contribution >= 0.6 is 0 Å². The van der Waals surface area contributed by atoms with E-state index < -0.39 is 0 Å². The highest BCUT2D eigenvalue weighted by Crippen LogP contribution is 2.25. The molecule has 0 amide bonds. The number of hydrogen-bond donors (Lipinski definition) is 5. The van der Waals surface area contributed by atoms with Crippen LogP contribution in [0.25, 0.3) is 11.8 Å². The monoisotopic (exact) mass is 545 g/mol. The molecule has 2 aliphatic rings. The smallest absolute Gasteiger partial charge is 0.152 e. The Morgan fingerprint density at radius 1 is 1.05 bits per heavy atom. The fourth-order valence-corrected chi connectivity index (χ4v) is 3.54. The number of nitrogens with two attached hydrogens (primary N) is 3. The third-order valence-electron chi connectivity index (χ3n) is 5.57. The van der Waals surface area contributed by atoms with E-state index in [2.05, 4.69) is 15.6 Å². The Kier molecular flexibility index (Phi) is 21.0. The molecule has 2 aromatic rings. The number of nitrogens with zero attached hydrogens (tertiary/aromatic N) is 1. The van der Waals surface area contributed by atoms with Crippen molar-refractivity contribution < 1.29 is 19.4 Å². The molecule has 2 aliphatic heterocycles. The number of anilines is 1. The number of allylic oxidation sites excluding steroid dienone is 1. The van der Waals surface area contributed by atoms with Gasteiger partial charge < -0.3 is 36.8 Å². The van der Waals surface area contributed by atoms with Gasteiger partial charge in [0.05, 0.1) is 13.2 Å². The molecule has 9 heteroatoms. The molecule has 3 heterocycles. The zero-order valence-electron chi connectivity index (χ0n) is 24.5. The maximum Gasteiger partial charge on any atom is 0.152 e. The number of nitrogen functional groups attached to an aromatic ring is 1. The van der Waals surface area contributed by atoms with Crippen LogP contribution in [0.1, 0.15) is 56.7 Å². The highest BCUT2D eigenvalue weighted by molar-refractivity contribution is 5.87. The lowest BCUT2D eigenvalue weighted by Gasteiger charge is -2.24. The van der Waals surface area contributed by atoms with Crippen molar-refractivity contribution in [3.8, 4) is 5.75 Å². The molecule has 2 saturated heterocycles. The fraction of sp³-hybridized carbons (Fsp3) is 0.500. The lowest BCUT2D eigenvalue weighted by Crippen LogP contribution is -2.36. The number of hydrogen-bond acceptors (Lipinski definition) is 8. The zero-order valence-corrected chi connectivity index (χ0v) is 24.5. The summed E-state index contributed by atoms with van der Waals surface area (Å²) in [6.07, 6.45) is 11.0. The Morgan fingerprint density at radius 3 is 2.10 bits per heavy atom. The van der Waals surface area contributed by atoms with E-state index in [4.69, 9.17) is 20.9 Å². The van der Waals surface area contributed by atoms with Crippen molar-refractivity contribution >= 4 is 23.4 Å². The van der Waals surface area contributed by atoms with E-state index in [0.29, 0.717) is 17.1 Å². The molecule has 9 nitrogen and oxygen atoms in total. The second-order valence-electron chi connectivity index (χ2n) is 8.51. The van der Waals surface area contributed by atoms with Crippen molar-refractivity contribution in [1.29, 1.82) is 0 Å². The first-order valence-corrected chi connectivity index (χ1v) is 13.7. The number of ketones is 1. The first-order valence-electron chi connectivity index (χ1n) is 13.7. The number of aromatic hydroxyl groups is 1. The molecule has 2 fully saturated rings. The van der Waals surface area contributed by atoms with E-state index in [0.717, 1.165) is 57.2 Å². The van der Waals surface area contributed by atoms with Gasteiger partial charge in [-0.15, -0.1) is 0 Å². The molecule has 0 aliphatic carbocycles. The Bertz CT molecular complexity index is 931. The molecule has 0 unspecified atom stereocenters. The number of carbonyl (C=O) groups excluding carboxylic acids is 1. The van der Waals surface area contributed by atoms with Gasteiger partial charge in [0.25, 0.3) is 0 Å².